The van der Waals surface area contributed by atoms with Crippen molar-refractivity contribution in [3.05, 3.63) is 126 Å². The van der Waals surface area contributed by atoms with Gasteiger partial charge in [-0.3, -0.25) is 20.2 Å². The SMILES string of the molecule is O=C(Oc1ccc([N+](=O)[O-])cc1C1CC(c2cccc3scnc23)C1)Oc1ccc([N+](=O)[O-])cc1C1CC(c2cccc3scnc23)C1. The molecule has 2 heterocycles. The number of thiazole rings is 2. The summed E-state index contributed by atoms with van der Waals surface area (Å²) in [5.41, 5.74) is 8.81. The summed E-state index contributed by atoms with van der Waals surface area (Å²) in [7, 11) is 0. The van der Waals surface area contributed by atoms with E-state index in [9.17, 15) is 25.0 Å². The molecule has 6 aromatic rings. The minimum atomic E-state index is -1.02. The van der Waals surface area contributed by atoms with Crippen LogP contribution in [-0.4, -0.2) is 26.0 Å². The van der Waals surface area contributed by atoms with Crippen molar-refractivity contribution in [2.45, 2.75) is 49.4 Å². The monoisotopic (exact) mass is 678 g/mol. The van der Waals surface area contributed by atoms with E-state index in [1.165, 1.54) is 36.4 Å². The summed E-state index contributed by atoms with van der Waals surface area (Å²) in [6, 6.07) is 20.6. The van der Waals surface area contributed by atoms with Gasteiger partial charge in [-0.2, -0.15) is 0 Å². The van der Waals surface area contributed by atoms with Crippen LogP contribution in [0.25, 0.3) is 20.4 Å². The lowest BCUT2D eigenvalue weighted by atomic mass is 9.68. The van der Waals surface area contributed by atoms with Gasteiger partial charge < -0.3 is 9.47 Å². The molecule has 2 fully saturated rings. The number of nitrogens with zero attached hydrogens (tertiary/aromatic N) is 4. The number of ether oxygens (including phenoxy) is 2. The standard InChI is InChI=1S/C35H26N4O7S2/c40-35(45-29-9-7-23(38(41)42)15-27(29)21-11-19(12-21)25-3-1-5-31-33(25)36-17-47-31)46-30-10-8-24(39(43)44)16-28(30)22-13-20(14-22)26-4-2-6-32-34(26)37-18-48-32/h1-10,15-22H,11-14H2. The molecule has 0 amide bonds. The van der Waals surface area contributed by atoms with Crippen molar-refractivity contribution in [2.24, 2.45) is 0 Å². The summed E-state index contributed by atoms with van der Waals surface area (Å²) < 4.78 is 13.6. The topological polar surface area (TPSA) is 148 Å². The van der Waals surface area contributed by atoms with E-state index in [0.717, 1.165) is 31.6 Å². The largest absolute Gasteiger partial charge is 0.519 e. The second kappa shape index (κ2) is 12.1. The fraction of sp³-hybridized carbons (Fsp3) is 0.229. The molecule has 0 bridgehead atoms. The summed E-state index contributed by atoms with van der Waals surface area (Å²) in [6.07, 6.45) is 1.84. The average Bonchev–Trinajstić information content (AvgIpc) is 3.72. The van der Waals surface area contributed by atoms with Crippen LogP contribution in [0.2, 0.25) is 0 Å². The van der Waals surface area contributed by atoms with Crippen LogP contribution in [0, 0.1) is 20.2 Å². The van der Waals surface area contributed by atoms with Gasteiger partial charge in [-0.1, -0.05) is 24.3 Å². The smallest absolute Gasteiger partial charge is 0.394 e. The Kier molecular flexibility index (Phi) is 7.57. The van der Waals surface area contributed by atoms with E-state index >= 15 is 0 Å². The Labute approximate surface area is 281 Å². The number of para-hydroxylation sites is 2. The van der Waals surface area contributed by atoms with Crippen molar-refractivity contribution < 1.29 is 24.1 Å². The van der Waals surface area contributed by atoms with Crippen LogP contribution in [-0.2, 0) is 0 Å². The second-order valence-corrected chi connectivity index (χ2v) is 14.0. The van der Waals surface area contributed by atoms with E-state index in [1.807, 2.05) is 35.3 Å². The summed E-state index contributed by atoms with van der Waals surface area (Å²) in [6.45, 7) is 0. The van der Waals surface area contributed by atoms with E-state index in [-0.39, 0.29) is 46.5 Å². The van der Waals surface area contributed by atoms with Crippen LogP contribution in [0.15, 0.2) is 83.8 Å². The molecule has 48 heavy (non-hydrogen) atoms. The fourth-order valence-electron chi connectivity index (χ4n) is 7.05. The van der Waals surface area contributed by atoms with Crippen LogP contribution in [0.4, 0.5) is 16.2 Å². The molecule has 0 atom stereocenters. The Balaban J connectivity index is 1.01. The van der Waals surface area contributed by atoms with Crippen molar-refractivity contribution in [1.29, 1.82) is 0 Å². The zero-order valence-corrected chi connectivity index (χ0v) is 26.8. The van der Waals surface area contributed by atoms with Gasteiger partial charge in [-0.05, 0) is 84.7 Å². The Morgan fingerprint density at radius 3 is 1.46 bits per heavy atom. The number of hydrogen-bond donors (Lipinski definition) is 0. The van der Waals surface area contributed by atoms with Crippen molar-refractivity contribution in [3.63, 3.8) is 0 Å². The highest BCUT2D eigenvalue weighted by Crippen LogP contribution is 2.53. The van der Waals surface area contributed by atoms with Gasteiger partial charge in [0.05, 0.1) is 41.3 Å². The molecule has 0 radical (unpaired) electrons. The predicted octanol–water partition coefficient (Wildman–Crippen LogP) is 9.62. The molecule has 240 valence electrons. The van der Waals surface area contributed by atoms with E-state index in [0.29, 0.717) is 36.8 Å². The lowest BCUT2D eigenvalue weighted by molar-refractivity contribution is -0.385. The number of fused-ring (bicyclic) bond motifs is 2. The molecule has 8 rings (SSSR count). The van der Waals surface area contributed by atoms with Gasteiger partial charge in [-0.15, -0.1) is 22.7 Å². The highest BCUT2D eigenvalue weighted by atomic mass is 32.1. The zero-order valence-electron chi connectivity index (χ0n) is 25.2. The number of rotatable bonds is 8. The van der Waals surface area contributed by atoms with Gasteiger partial charge in [0.15, 0.2) is 0 Å². The number of benzene rings is 4. The highest BCUT2D eigenvalue weighted by molar-refractivity contribution is 7.17. The maximum atomic E-state index is 13.3. The fourth-order valence-corrected chi connectivity index (χ4v) is 8.47. The molecular formula is C35H26N4O7S2. The van der Waals surface area contributed by atoms with Gasteiger partial charge in [0, 0.05) is 35.4 Å². The van der Waals surface area contributed by atoms with Crippen molar-refractivity contribution in [1.82, 2.24) is 9.97 Å². The number of aromatic nitrogens is 2. The van der Waals surface area contributed by atoms with Crippen LogP contribution >= 0.6 is 22.7 Å². The van der Waals surface area contributed by atoms with Gasteiger partial charge in [-0.25, -0.2) is 14.8 Å². The number of carbonyl (C=O) groups is 1. The molecule has 2 aromatic heterocycles. The number of hydrogen-bond acceptors (Lipinski definition) is 11. The summed E-state index contributed by atoms with van der Waals surface area (Å²) in [4.78, 5) is 44.7. The predicted molar refractivity (Wildman–Crippen MR) is 182 cm³/mol. The first-order valence-corrected chi connectivity index (χ1v) is 17.2. The normalized spacial score (nSPS) is 20.2. The molecule has 0 saturated heterocycles. The molecule has 13 heteroatoms. The second-order valence-electron chi connectivity index (χ2n) is 12.2. The molecular weight excluding hydrogens is 653 g/mol. The number of nitro groups is 2. The van der Waals surface area contributed by atoms with Crippen LogP contribution in [0.1, 0.15) is 71.6 Å². The summed E-state index contributed by atoms with van der Waals surface area (Å²) in [5, 5.41) is 23.3. The first-order chi connectivity index (χ1) is 23.3. The summed E-state index contributed by atoms with van der Waals surface area (Å²) >= 11 is 3.16. The Hall–Kier alpha value is -5.27. The molecule has 4 aromatic carbocycles. The van der Waals surface area contributed by atoms with Crippen molar-refractivity contribution >= 4 is 60.6 Å². The quantitative estimate of drug-likeness (QED) is 0.0664. The Morgan fingerprint density at radius 2 is 1.04 bits per heavy atom. The molecule has 0 N–H and O–H groups in total. The Bertz CT molecular complexity index is 2080. The zero-order chi connectivity index (χ0) is 32.9. The van der Waals surface area contributed by atoms with Crippen molar-refractivity contribution in [2.75, 3.05) is 0 Å². The first-order valence-electron chi connectivity index (χ1n) is 15.4. The highest BCUT2D eigenvalue weighted by Gasteiger charge is 2.37. The lowest BCUT2D eigenvalue weighted by Gasteiger charge is -2.37. The van der Waals surface area contributed by atoms with Gasteiger partial charge in [0.2, 0.25) is 0 Å². The van der Waals surface area contributed by atoms with E-state index in [1.54, 1.807) is 22.7 Å². The molecule has 2 saturated carbocycles. The first kappa shape index (κ1) is 30.1. The maximum Gasteiger partial charge on any atom is 0.519 e. The molecule has 2 aliphatic carbocycles. The van der Waals surface area contributed by atoms with Crippen molar-refractivity contribution in [3.8, 4) is 11.5 Å². The van der Waals surface area contributed by atoms with E-state index in [4.69, 9.17) is 9.47 Å². The number of carbonyl (C=O) groups excluding carboxylic acids is 1. The third kappa shape index (κ3) is 5.44. The average molecular weight is 679 g/mol. The van der Waals surface area contributed by atoms with E-state index in [2.05, 4.69) is 22.1 Å². The number of non-ortho nitro benzene ring substituents is 2. The van der Waals surface area contributed by atoms with Crippen LogP contribution in [0.5, 0.6) is 11.5 Å². The molecule has 0 unspecified atom stereocenters. The minimum Gasteiger partial charge on any atom is -0.394 e. The van der Waals surface area contributed by atoms with E-state index < -0.39 is 16.0 Å². The molecule has 2 aliphatic rings. The maximum absolute atomic E-state index is 13.3. The number of nitro benzene ring substituents is 2. The van der Waals surface area contributed by atoms with Gasteiger partial charge >= 0.3 is 6.16 Å². The van der Waals surface area contributed by atoms with Gasteiger partial charge in [0.1, 0.15) is 11.5 Å². The molecule has 11 nitrogen and oxygen atoms in total. The summed E-state index contributed by atoms with van der Waals surface area (Å²) in [5.74, 6) is 0.660. The Morgan fingerprint density at radius 1 is 0.625 bits per heavy atom. The van der Waals surface area contributed by atoms with Gasteiger partial charge in [0.25, 0.3) is 11.4 Å². The third-order valence-corrected chi connectivity index (χ3v) is 11.2. The lowest BCUT2D eigenvalue weighted by Crippen LogP contribution is -2.24. The van der Waals surface area contributed by atoms with Crippen LogP contribution in [0.3, 0.4) is 0 Å². The third-order valence-electron chi connectivity index (χ3n) is 9.61. The molecule has 0 spiro atoms. The van der Waals surface area contributed by atoms with Crippen LogP contribution < -0.4 is 9.47 Å². The minimum absolute atomic E-state index is 0.0735. The molecule has 0 aliphatic heterocycles.